The number of hydrogen-bond acceptors (Lipinski definition) is 3. The van der Waals surface area contributed by atoms with Gasteiger partial charge in [0.2, 0.25) is 5.03 Å². The molecule has 0 aliphatic carbocycles. The Kier molecular flexibility index (Phi) is 3.71. The molecule has 4 heteroatoms. The van der Waals surface area contributed by atoms with Crippen LogP contribution in [-0.2, 0) is 11.2 Å². The zero-order valence-electron chi connectivity index (χ0n) is 7.86. The third-order valence-corrected chi connectivity index (χ3v) is 2.73. The molecule has 0 aliphatic heterocycles. The third-order valence-electron chi connectivity index (χ3n) is 1.92. The van der Waals surface area contributed by atoms with E-state index in [0.29, 0.717) is 5.03 Å². The molecule has 0 fully saturated rings. The normalized spacial score (nSPS) is 15.4. The Morgan fingerprint density at radius 1 is 1.69 bits per heavy atom. The van der Waals surface area contributed by atoms with E-state index in [2.05, 4.69) is 4.98 Å². The lowest BCUT2D eigenvalue weighted by molar-refractivity contribution is 0.596. The number of hydrogen-bond donors (Lipinski definition) is 1. The van der Waals surface area contributed by atoms with Crippen molar-refractivity contribution in [2.75, 3.05) is 6.26 Å². The van der Waals surface area contributed by atoms with E-state index >= 15 is 0 Å². The second-order valence-electron chi connectivity index (χ2n) is 2.90. The van der Waals surface area contributed by atoms with Crippen LogP contribution in [0.3, 0.4) is 0 Å². The van der Waals surface area contributed by atoms with Crippen molar-refractivity contribution >= 4 is 11.2 Å². The van der Waals surface area contributed by atoms with Crippen molar-refractivity contribution < 1.29 is 4.55 Å². The molecule has 1 rings (SSSR count). The monoisotopic (exact) mass is 198 g/mol. The summed E-state index contributed by atoms with van der Waals surface area (Å²) in [6.45, 7) is 2.02. The fourth-order valence-corrected chi connectivity index (χ4v) is 1.56. The van der Waals surface area contributed by atoms with Gasteiger partial charge in [0.1, 0.15) is 6.26 Å². The van der Waals surface area contributed by atoms with Crippen molar-refractivity contribution in [3.05, 3.63) is 23.9 Å². The van der Waals surface area contributed by atoms with Crippen LogP contribution in [0, 0.1) is 0 Å². The molecule has 3 nitrogen and oxygen atoms in total. The summed E-state index contributed by atoms with van der Waals surface area (Å²) in [7, 11) is 0. The van der Waals surface area contributed by atoms with E-state index in [-0.39, 0.29) is 6.04 Å². The Labute approximate surface area is 81.5 Å². The minimum Gasteiger partial charge on any atom is -0.610 e. The number of rotatable bonds is 3. The Hall–Kier alpha value is -0.580. The molecule has 1 aromatic rings. The summed E-state index contributed by atoms with van der Waals surface area (Å²) in [6.07, 6.45) is 4.14. The van der Waals surface area contributed by atoms with Crippen LogP contribution in [0.2, 0.25) is 0 Å². The smallest absolute Gasteiger partial charge is 0.244 e. The average Bonchev–Trinajstić information content (AvgIpc) is 2.17. The van der Waals surface area contributed by atoms with Gasteiger partial charge < -0.3 is 10.3 Å². The quantitative estimate of drug-likeness (QED) is 0.743. The van der Waals surface area contributed by atoms with Gasteiger partial charge in [-0.25, -0.2) is 4.98 Å². The van der Waals surface area contributed by atoms with E-state index in [9.17, 15) is 4.55 Å². The zero-order valence-corrected chi connectivity index (χ0v) is 8.67. The van der Waals surface area contributed by atoms with E-state index in [1.807, 2.05) is 19.1 Å². The summed E-state index contributed by atoms with van der Waals surface area (Å²) >= 11 is -1.02. The largest absolute Gasteiger partial charge is 0.610 e. The highest BCUT2D eigenvalue weighted by Gasteiger charge is 2.09. The van der Waals surface area contributed by atoms with Gasteiger partial charge in [-0.3, -0.25) is 0 Å². The maximum absolute atomic E-state index is 11.1. The molecule has 13 heavy (non-hydrogen) atoms. The molecule has 0 aliphatic rings. The molecule has 0 amide bonds. The van der Waals surface area contributed by atoms with Crippen LogP contribution >= 0.6 is 0 Å². The van der Waals surface area contributed by atoms with Gasteiger partial charge in [-0.15, -0.1) is 0 Å². The second-order valence-corrected chi connectivity index (χ2v) is 4.22. The van der Waals surface area contributed by atoms with Crippen molar-refractivity contribution in [2.45, 2.75) is 24.4 Å². The molecule has 0 spiro atoms. The molecule has 72 valence electrons. The SMILES string of the molecule is CC[C@H](N)c1ccnc([S@+](C)[O-])c1. The van der Waals surface area contributed by atoms with E-state index < -0.39 is 11.2 Å². The molecule has 0 radical (unpaired) electrons. The summed E-state index contributed by atoms with van der Waals surface area (Å²) in [5.74, 6) is 0. The first-order valence-electron chi connectivity index (χ1n) is 4.20. The number of pyridine rings is 1. The van der Waals surface area contributed by atoms with Crippen LogP contribution in [0.4, 0.5) is 0 Å². The van der Waals surface area contributed by atoms with E-state index in [0.717, 1.165) is 12.0 Å². The molecule has 2 atom stereocenters. The highest BCUT2D eigenvalue weighted by atomic mass is 32.2. The summed E-state index contributed by atoms with van der Waals surface area (Å²) < 4.78 is 11.1. The van der Waals surface area contributed by atoms with Gasteiger partial charge in [-0.2, -0.15) is 0 Å². The average molecular weight is 198 g/mol. The molecule has 1 aromatic heterocycles. The highest BCUT2D eigenvalue weighted by molar-refractivity contribution is 7.90. The van der Waals surface area contributed by atoms with Crippen LogP contribution in [0.25, 0.3) is 0 Å². The summed E-state index contributed by atoms with van der Waals surface area (Å²) in [4.78, 5) is 4.00. The maximum Gasteiger partial charge on any atom is 0.244 e. The van der Waals surface area contributed by atoms with Crippen LogP contribution in [0.5, 0.6) is 0 Å². The third kappa shape index (κ3) is 2.69. The summed E-state index contributed by atoms with van der Waals surface area (Å²) in [5, 5.41) is 0.599. The minimum atomic E-state index is -1.02. The summed E-state index contributed by atoms with van der Waals surface area (Å²) in [6, 6.07) is 3.69. The van der Waals surface area contributed by atoms with Gasteiger partial charge in [0.25, 0.3) is 0 Å². The fourth-order valence-electron chi connectivity index (χ4n) is 1.05. The molecule has 0 saturated carbocycles. The summed E-state index contributed by atoms with van der Waals surface area (Å²) in [5.41, 5.74) is 6.84. The van der Waals surface area contributed by atoms with Crippen molar-refractivity contribution in [2.24, 2.45) is 5.73 Å². The van der Waals surface area contributed by atoms with Gasteiger partial charge in [-0.1, -0.05) is 6.92 Å². The lowest BCUT2D eigenvalue weighted by Gasteiger charge is -2.10. The van der Waals surface area contributed by atoms with Gasteiger partial charge >= 0.3 is 0 Å². The van der Waals surface area contributed by atoms with E-state index in [1.165, 1.54) is 0 Å². The van der Waals surface area contributed by atoms with Crippen LogP contribution in [-0.4, -0.2) is 15.8 Å². The van der Waals surface area contributed by atoms with Crippen LogP contribution in [0.1, 0.15) is 24.9 Å². The van der Waals surface area contributed by atoms with Gasteiger partial charge in [-0.05, 0) is 18.1 Å². The molecule has 1 heterocycles. The van der Waals surface area contributed by atoms with Gasteiger partial charge in [0.15, 0.2) is 0 Å². The molecule has 0 unspecified atom stereocenters. The second kappa shape index (κ2) is 4.60. The minimum absolute atomic E-state index is 0.0188. The zero-order chi connectivity index (χ0) is 9.84. The van der Waals surface area contributed by atoms with Crippen molar-refractivity contribution in [3.63, 3.8) is 0 Å². The molecular formula is C9H14N2OS. The Balaban J connectivity index is 2.91. The maximum atomic E-state index is 11.1. The topological polar surface area (TPSA) is 62.0 Å². The van der Waals surface area contributed by atoms with Gasteiger partial charge in [0, 0.05) is 29.5 Å². The van der Waals surface area contributed by atoms with Crippen LogP contribution in [0.15, 0.2) is 23.4 Å². The first-order chi connectivity index (χ1) is 6.15. The molecule has 0 bridgehead atoms. The number of aromatic nitrogens is 1. The number of nitrogens with two attached hydrogens (primary N) is 1. The Bertz CT molecular complexity index is 278. The first-order valence-corrected chi connectivity index (χ1v) is 5.76. The predicted octanol–water partition coefficient (Wildman–Crippen LogP) is 1.23. The van der Waals surface area contributed by atoms with Gasteiger partial charge in [0.05, 0.1) is 0 Å². The van der Waals surface area contributed by atoms with Crippen molar-refractivity contribution in [3.8, 4) is 0 Å². The lowest BCUT2D eigenvalue weighted by atomic mass is 10.1. The molecular weight excluding hydrogens is 184 g/mol. The van der Waals surface area contributed by atoms with E-state index in [1.54, 1.807) is 12.5 Å². The molecule has 0 aromatic carbocycles. The number of nitrogens with zero attached hydrogens (tertiary/aromatic N) is 1. The standard InChI is InChI=1S/C9H14N2OS/c1-3-8(10)7-4-5-11-9(6-7)13(2)12/h4-6,8H,3,10H2,1-2H3/t8-,13-/m0/s1. The lowest BCUT2D eigenvalue weighted by Crippen LogP contribution is -2.10. The Morgan fingerprint density at radius 2 is 2.38 bits per heavy atom. The van der Waals surface area contributed by atoms with Crippen LogP contribution < -0.4 is 5.73 Å². The van der Waals surface area contributed by atoms with Crippen molar-refractivity contribution in [1.29, 1.82) is 0 Å². The van der Waals surface area contributed by atoms with E-state index in [4.69, 9.17) is 5.73 Å². The first kappa shape index (κ1) is 10.5. The molecule has 2 N–H and O–H groups in total. The molecule has 0 saturated heterocycles. The van der Waals surface area contributed by atoms with Crippen molar-refractivity contribution in [1.82, 2.24) is 4.98 Å². The highest BCUT2D eigenvalue weighted by Crippen LogP contribution is 2.15. The fraction of sp³-hybridized carbons (Fsp3) is 0.444. The predicted molar refractivity (Wildman–Crippen MR) is 53.8 cm³/mol. The Morgan fingerprint density at radius 3 is 2.92 bits per heavy atom.